The van der Waals surface area contributed by atoms with Crippen LogP contribution in [0.5, 0.6) is 0 Å². The van der Waals surface area contributed by atoms with E-state index < -0.39 is 0 Å². The maximum absolute atomic E-state index is 11.8. The second-order valence-corrected chi connectivity index (χ2v) is 4.94. The van der Waals surface area contributed by atoms with E-state index in [9.17, 15) is 14.4 Å². The van der Waals surface area contributed by atoms with E-state index in [-0.39, 0.29) is 17.6 Å². The van der Waals surface area contributed by atoms with Crippen LogP contribution in [-0.2, 0) is 4.79 Å². The normalized spacial score (nSPS) is 14.7. The number of carbonyl (C=O) groups excluding carboxylic acids is 3. The predicted molar refractivity (Wildman–Crippen MR) is 73.6 cm³/mol. The SMILES string of the molecule is CC(=O)c1ccc(C(=O)NCCCN2CCCC2=O)[nH]1. The monoisotopic (exact) mass is 277 g/mol. The highest BCUT2D eigenvalue weighted by Gasteiger charge is 2.19. The van der Waals surface area contributed by atoms with Crippen molar-refractivity contribution in [3.05, 3.63) is 23.5 Å². The van der Waals surface area contributed by atoms with E-state index in [1.165, 1.54) is 6.92 Å². The predicted octanol–water partition coefficient (Wildman–Crippen LogP) is 0.960. The first kappa shape index (κ1) is 14.3. The molecule has 0 saturated carbocycles. The summed E-state index contributed by atoms with van der Waals surface area (Å²) in [4.78, 5) is 38.9. The minimum absolute atomic E-state index is 0.100. The minimum atomic E-state index is -0.231. The van der Waals surface area contributed by atoms with Gasteiger partial charge in [-0.25, -0.2) is 0 Å². The summed E-state index contributed by atoms with van der Waals surface area (Å²) in [5.41, 5.74) is 0.810. The Bertz CT molecular complexity index is 521. The first-order valence-electron chi connectivity index (χ1n) is 6.84. The summed E-state index contributed by atoms with van der Waals surface area (Å²) in [6.07, 6.45) is 2.31. The first-order valence-corrected chi connectivity index (χ1v) is 6.84. The molecule has 6 heteroatoms. The van der Waals surface area contributed by atoms with Crippen molar-refractivity contribution in [2.75, 3.05) is 19.6 Å². The zero-order valence-electron chi connectivity index (χ0n) is 11.6. The van der Waals surface area contributed by atoms with E-state index in [2.05, 4.69) is 10.3 Å². The second-order valence-electron chi connectivity index (χ2n) is 4.94. The first-order chi connectivity index (χ1) is 9.58. The van der Waals surface area contributed by atoms with Crippen LogP contribution < -0.4 is 5.32 Å². The number of aromatic amines is 1. The summed E-state index contributed by atoms with van der Waals surface area (Å²) in [6.45, 7) is 3.46. The number of likely N-dealkylation sites (tertiary alicyclic amines) is 1. The van der Waals surface area contributed by atoms with E-state index in [1.54, 1.807) is 12.1 Å². The number of H-pyrrole nitrogens is 1. The number of aromatic nitrogens is 1. The summed E-state index contributed by atoms with van der Waals surface area (Å²) >= 11 is 0. The van der Waals surface area contributed by atoms with Gasteiger partial charge in [-0.3, -0.25) is 14.4 Å². The molecule has 0 radical (unpaired) electrons. The third-order valence-electron chi connectivity index (χ3n) is 3.37. The lowest BCUT2D eigenvalue weighted by molar-refractivity contribution is -0.127. The van der Waals surface area contributed by atoms with Gasteiger partial charge < -0.3 is 15.2 Å². The Morgan fingerprint density at radius 1 is 1.35 bits per heavy atom. The van der Waals surface area contributed by atoms with Gasteiger partial charge >= 0.3 is 0 Å². The van der Waals surface area contributed by atoms with Gasteiger partial charge in [0.25, 0.3) is 5.91 Å². The molecule has 0 atom stereocenters. The number of hydrogen-bond donors (Lipinski definition) is 2. The van der Waals surface area contributed by atoms with Crippen molar-refractivity contribution in [2.24, 2.45) is 0 Å². The number of carbonyl (C=O) groups is 3. The largest absolute Gasteiger partial charge is 0.351 e. The quantitative estimate of drug-likeness (QED) is 0.600. The van der Waals surface area contributed by atoms with Crippen LogP contribution in [0.25, 0.3) is 0 Å². The number of rotatable bonds is 6. The molecule has 0 spiro atoms. The van der Waals surface area contributed by atoms with Gasteiger partial charge in [0, 0.05) is 33.0 Å². The number of amides is 2. The van der Waals surface area contributed by atoms with Crippen LogP contribution in [0.3, 0.4) is 0 Å². The lowest BCUT2D eigenvalue weighted by Crippen LogP contribution is -2.30. The van der Waals surface area contributed by atoms with E-state index in [1.807, 2.05) is 4.90 Å². The van der Waals surface area contributed by atoms with Crippen LogP contribution in [-0.4, -0.2) is 47.1 Å². The molecule has 6 nitrogen and oxygen atoms in total. The molecule has 108 valence electrons. The number of nitrogens with zero attached hydrogens (tertiary/aromatic N) is 1. The van der Waals surface area contributed by atoms with Gasteiger partial charge in [0.1, 0.15) is 5.69 Å². The summed E-state index contributed by atoms with van der Waals surface area (Å²) in [7, 11) is 0. The lowest BCUT2D eigenvalue weighted by atomic mass is 10.3. The summed E-state index contributed by atoms with van der Waals surface area (Å²) in [5.74, 6) is -0.131. The molecule has 0 aliphatic carbocycles. The van der Waals surface area contributed by atoms with Gasteiger partial charge in [0.2, 0.25) is 5.91 Å². The molecule has 1 aromatic heterocycles. The van der Waals surface area contributed by atoms with Gasteiger partial charge in [-0.05, 0) is 25.0 Å². The number of Topliss-reactive ketones (excluding diaryl/α,β-unsaturated/α-hetero) is 1. The van der Waals surface area contributed by atoms with Crippen LogP contribution >= 0.6 is 0 Å². The molecule has 1 fully saturated rings. The fraction of sp³-hybridized carbons (Fsp3) is 0.500. The third-order valence-corrected chi connectivity index (χ3v) is 3.37. The average Bonchev–Trinajstić information content (AvgIpc) is 3.03. The van der Waals surface area contributed by atoms with Gasteiger partial charge in [-0.15, -0.1) is 0 Å². The van der Waals surface area contributed by atoms with Crippen molar-refractivity contribution < 1.29 is 14.4 Å². The van der Waals surface area contributed by atoms with Crippen LogP contribution in [0.15, 0.2) is 12.1 Å². The summed E-state index contributed by atoms with van der Waals surface area (Å²) < 4.78 is 0. The molecule has 0 bridgehead atoms. The molecule has 0 aromatic carbocycles. The van der Waals surface area contributed by atoms with Crippen LogP contribution in [0, 0.1) is 0 Å². The van der Waals surface area contributed by atoms with Crippen molar-refractivity contribution in [3.8, 4) is 0 Å². The van der Waals surface area contributed by atoms with Crippen molar-refractivity contribution in [3.63, 3.8) is 0 Å². The fourth-order valence-corrected chi connectivity index (χ4v) is 2.24. The molecule has 1 aliphatic heterocycles. The standard InChI is InChI=1S/C14H19N3O3/c1-10(18)11-5-6-12(16-11)14(20)15-7-3-9-17-8-2-4-13(17)19/h5-6,16H,2-4,7-9H2,1H3,(H,15,20). The minimum Gasteiger partial charge on any atom is -0.351 e. The Kier molecular flexibility index (Phi) is 4.55. The van der Waals surface area contributed by atoms with Crippen molar-refractivity contribution in [1.29, 1.82) is 0 Å². The zero-order chi connectivity index (χ0) is 14.5. The Hall–Kier alpha value is -2.11. The Morgan fingerprint density at radius 2 is 2.10 bits per heavy atom. The number of ketones is 1. The third kappa shape index (κ3) is 3.46. The summed E-state index contributed by atoms with van der Waals surface area (Å²) in [5, 5.41) is 2.77. The Balaban J connectivity index is 1.72. The molecule has 2 rings (SSSR count). The van der Waals surface area contributed by atoms with Crippen LogP contribution in [0.1, 0.15) is 47.2 Å². The molecule has 0 unspecified atom stereocenters. The van der Waals surface area contributed by atoms with Crippen molar-refractivity contribution in [2.45, 2.75) is 26.2 Å². The van der Waals surface area contributed by atoms with E-state index in [4.69, 9.17) is 0 Å². The second kappa shape index (κ2) is 6.36. The topological polar surface area (TPSA) is 82.3 Å². The zero-order valence-corrected chi connectivity index (χ0v) is 11.6. The van der Waals surface area contributed by atoms with E-state index in [0.29, 0.717) is 30.9 Å². The molecule has 2 heterocycles. The maximum atomic E-state index is 11.8. The average molecular weight is 277 g/mol. The molecular formula is C14H19N3O3. The Labute approximate surface area is 117 Å². The Morgan fingerprint density at radius 3 is 2.70 bits per heavy atom. The lowest BCUT2D eigenvalue weighted by Gasteiger charge is -2.15. The molecule has 1 saturated heterocycles. The van der Waals surface area contributed by atoms with Gasteiger partial charge in [0.15, 0.2) is 5.78 Å². The van der Waals surface area contributed by atoms with Gasteiger partial charge in [-0.1, -0.05) is 0 Å². The maximum Gasteiger partial charge on any atom is 0.267 e. The molecule has 2 N–H and O–H groups in total. The highest BCUT2D eigenvalue weighted by atomic mass is 16.2. The summed E-state index contributed by atoms with van der Waals surface area (Å²) in [6, 6.07) is 3.19. The van der Waals surface area contributed by atoms with Crippen LogP contribution in [0.2, 0.25) is 0 Å². The molecular weight excluding hydrogens is 258 g/mol. The highest BCUT2D eigenvalue weighted by Crippen LogP contribution is 2.09. The van der Waals surface area contributed by atoms with Crippen LogP contribution in [0.4, 0.5) is 0 Å². The van der Waals surface area contributed by atoms with Gasteiger partial charge in [-0.2, -0.15) is 0 Å². The van der Waals surface area contributed by atoms with Gasteiger partial charge in [0.05, 0.1) is 5.69 Å². The number of nitrogens with one attached hydrogen (secondary N) is 2. The number of hydrogen-bond acceptors (Lipinski definition) is 3. The van der Waals surface area contributed by atoms with Crippen molar-refractivity contribution in [1.82, 2.24) is 15.2 Å². The molecule has 2 amide bonds. The smallest absolute Gasteiger partial charge is 0.267 e. The fourth-order valence-electron chi connectivity index (χ4n) is 2.24. The van der Waals surface area contributed by atoms with E-state index >= 15 is 0 Å². The highest BCUT2D eigenvalue weighted by molar-refractivity contribution is 5.97. The van der Waals surface area contributed by atoms with Crippen molar-refractivity contribution >= 4 is 17.6 Å². The molecule has 1 aliphatic rings. The molecule has 1 aromatic rings. The molecule has 20 heavy (non-hydrogen) atoms. The van der Waals surface area contributed by atoms with E-state index in [0.717, 1.165) is 19.4 Å².